The second kappa shape index (κ2) is 3.96. The summed E-state index contributed by atoms with van der Waals surface area (Å²) in [6, 6.07) is 5.32. The number of fused-ring (bicyclic) bond motifs is 2. The number of nitrogens with zero attached hydrogens (tertiary/aromatic N) is 1. The van der Waals surface area contributed by atoms with Gasteiger partial charge in [-0.25, -0.2) is 4.39 Å². The molecule has 0 aromatic heterocycles. The number of ether oxygens (including phenoxy) is 1. The van der Waals surface area contributed by atoms with Gasteiger partial charge in [-0.3, -0.25) is 0 Å². The summed E-state index contributed by atoms with van der Waals surface area (Å²) in [4.78, 5) is 2.04. The summed E-state index contributed by atoms with van der Waals surface area (Å²) in [5.41, 5.74) is 7.83. The van der Waals surface area contributed by atoms with E-state index in [1.54, 1.807) is 6.07 Å². The average Bonchev–Trinajstić information content (AvgIpc) is 2.36. The molecule has 0 amide bonds. The van der Waals surface area contributed by atoms with Crippen LogP contribution >= 0.6 is 0 Å². The van der Waals surface area contributed by atoms with Gasteiger partial charge in [-0.2, -0.15) is 0 Å². The van der Waals surface area contributed by atoms with Crippen molar-refractivity contribution in [3.63, 3.8) is 0 Å². The molecular formula is C13H17FN2O. The van der Waals surface area contributed by atoms with Crippen LogP contribution in [0.25, 0.3) is 0 Å². The van der Waals surface area contributed by atoms with Crippen LogP contribution < -0.4 is 10.6 Å². The second-order valence-electron chi connectivity index (χ2n) is 4.91. The van der Waals surface area contributed by atoms with E-state index in [9.17, 15) is 4.39 Å². The van der Waals surface area contributed by atoms with Crippen molar-refractivity contribution >= 4 is 5.69 Å². The Hall–Kier alpha value is -1.13. The maximum Gasteiger partial charge on any atom is 0.146 e. The first-order chi connectivity index (χ1) is 8.20. The number of halogens is 1. The lowest BCUT2D eigenvalue weighted by atomic mass is 9.80. The number of nitrogens with two attached hydrogens (primary N) is 1. The van der Waals surface area contributed by atoms with Gasteiger partial charge in [0.15, 0.2) is 0 Å². The van der Waals surface area contributed by atoms with Crippen LogP contribution in [0.5, 0.6) is 0 Å². The van der Waals surface area contributed by atoms with Gasteiger partial charge < -0.3 is 15.4 Å². The molecule has 92 valence electrons. The van der Waals surface area contributed by atoms with E-state index in [-0.39, 0.29) is 17.8 Å². The lowest BCUT2D eigenvalue weighted by Crippen LogP contribution is -2.52. The predicted octanol–water partition coefficient (Wildman–Crippen LogP) is 1.68. The Morgan fingerprint density at radius 1 is 1.47 bits per heavy atom. The zero-order valence-electron chi connectivity index (χ0n) is 9.90. The minimum absolute atomic E-state index is 0.123. The van der Waals surface area contributed by atoms with Crippen LogP contribution in [0, 0.1) is 11.7 Å². The van der Waals surface area contributed by atoms with Gasteiger partial charge in [0.2, 0.25) is 0 Å². The van der Waals surface area contributed by atoms with E-state index in [0.717, 1.165) is 18.6 Å². The zero-order chi connectivity index (χ0) is 12.0. The third-order valence-corrected chi connectivity index (χ3v) is 4.05. The first-order valence-corrected chi connectivity index (χ1v) is 6.04. The molecular weight excluding hydrogens is 219 g/mol. The molecule has 3 unspecified atom stereocenters. The molecule has 1 aromatic rings. The Morgan fingerprint density at radius 2 is 2.29 bits per heavy atom. The maximum atomic E-state index is 13.9. The van der Waals surface area contributed by atoms with Gasteiger partial charge in [0.25, 0.3) is 0 Å². The molecule has 4 heteroatoms. The monoisotopic (exact) mass is 236 g/mol. The SMILES string of the molecule is CN1c2c(F)cccc2C(N)C2COCCC21. The summed E-state index contributed by atoms with van der Waals surface area (Å²) in [5.74, 6) is 0.0911. The summed E-state index contributed by atoms with van der Waals surface area (Å²) in [5, 5.41) is 0. The smallest absolute Gasteiger partial charge is 0.146 e. The molecule has 3 atom stereocenters. The van der Waals surface area contributed by atoms with Crippen LogP contribution in [0.4, 0.5) is 10.1 Å². The van der Waals surface area contributed by atoms with Crippen molar-refractivity contribution in [1.82, 2.24) is 0 Å². The highest BCUT2D eigenvalue weighted by Crippen LogP contribution is 2.42. The summed E-state index contributed by atoms with van der Waals surface area (Å²) >= 11 is 0. The Labute approximate surface area is 100 Å². The summed E-state index contributed by atoms with van der Waals surface area (Å²) in [6.45, 7) is 1.41. The largest absolute Gasteiger partial charge is 0.381 e. The van der Waals surface area contributed by atoms with Crippen molar-refractivity contribution < 1.29 is 9.13 Å². The molecule has 2 N–H and O–H groups in total. The summed E-state index contributed by atoms with van der Waals surface area (Å²) in [6.07, 6.45) is 0.919. The second-order valence-corrected chi connectivity index (χ2v) is 4.91. The number of rotatable bonds is 0. The standard InChI is InChI=1S/C13H17FN2O/c1-16-11-5-6-17-7-9(11)12(15)8-3-2-4-10(14)13(8)16/h2-4,9,11-12H,5-7,15H2,1H3. The number of hydrogen-bond acceptors (Lipinski definition) is 3. The van der Waals surface area contributed by atoms with Crippen LogP contribution in [0.3, 0.4) is 0 Å². The maximum absolute atomic E-state index is 13.9. The van der Waals surface area contributed by atoms with Crippen LogP contribution in [0.1, 0.15) is 18.0 Å². The first-order valence-electron chi connectivity index (χ1n) is 6.04. The molecule has 1 saturated heterocycles. The van der Waals surface area contributed by atoms with Gasteiger partial charge in [0.1, 0.15) is 5.82 Å². The molecule has 1 aromatic carbocycles. The van der Waals surface area contributed by atoms with E-state index in [1.165, 1.54) is 6.07 Å². The van der Waals surface area contributed by atoms with Gasteiger partial charge in [0.05, 0.1) is 12.3 Å². The third kappa shape index (κ3) is 1.55. The van der Waals surface area contributed by atoms with Crippen molar-refractivity contribution in [1.29, 1.82) is 0 Å². The fourth-order valence-corrected chi connectivity index (χ4v) is 3.14. The quantitative estimate of drug-likeness (QED) is 0.745. The van der Waals surface area contributed by atoms with E-state index in [1.807, 2.05) is 18.0 Å². The van der Waals surface area contributed by atoms with Crippen LogP contribution in [-0.2, 0) is 4.74 Å². The molecule has 0 saturated carbocycles. The molecule has 3 rings (SSSR count). The predicted molar refractivity (Wildman–Crippen MR) is 64.4 cm³/mol. The van der Waals surface area contributed by atoms with Gasteiger partial charge in [-0.1, -0.05) is 12.1 Å². The molecule has 2 heterocycles. The number of para-hydroxylation sites is 1. The molecule has 0 spiro atoms. The number of hydrogen-bond donors (Lipinski definition) is 1. The van der Waals surface area contributed by atoms with Crippen molar-refractivity contribution in [2.45, 2.75) is 18.5 Å². The molecule has 0 aliphatic carbocycles. The Balaban J connectivity index is 2.10. The van der Waals surface area contributed by atoms with E-state index in [4.69, 9.17) is 10.5 Å². The van der Waals surface area contributed by atoms with Gasteiger partial charge >= 0.3 is 0 Å². The summed E-state index contributed by atoms with van der Waals surface area (Å²) in [7, 11) is 1.96. The molecule has 0 radical (unpaired) electrons. The average molecular weight is 236 g/mol. The fraction of sp³-hybridized carbons (Fsp3) is 0.538. The molecule has 3 nitrogen and oxygen atoms in total. The fourth-order valence-electron chi connectivity index (χ4n) is 3.14. The minimum atomic E-state index is -0.176. The highest BCUT2D eigenvalue weighted by atomic mass is 19.1. The highest BCUT2D eigenvalue weighted by Gasteiger charge is 2.40. The molecule has 2 aliphatic rings. The zero-order valence-corrected chi connectivity index (χ0v) is 9.90. The van der Waals surface area contributed by atoms with Crippen molar-refractivity contribution in [2.24, 2.45) is 11.7 Å². The molecule has 0 bridgehead atoms. The Morgan fingerprint density at radius 3 is 3.12 bits per heavy atom. The topological polar surface area (TPSA) is 38.5 Å². The van der Waals surface area contributed by atoms with Gasteiger partial charge in [-0.05, 0) is 18.1 Å². The minimum Gasteiger partial charge on any atom is -0.381 e. The van der Waals surface area contributed by atoms with Gasteiger partial charge in [-0.15, -0.1) is 0 Å². The number of anilines is 1. The van der Waals surface area contributed by atoms with Crippen LogP contribution in [0.2, 0.25) is 0 Å². The molecule has 2 aliphatic heterocycles. The van der Waals surface area contributed by atoms with E-state index < -0.39 is 0 Å². The van der Waals surface area contributed by atoms with Crippen molar-refractivity contribution in [3.05, 3.63) is 29.6 Å². The summed E-state index contributed by atoms with van der Waals surface area (Å²) < 4.78 is 19.4. The first kappa shape index (κ1) is 11.0. The third-order valence-electron chi connectivity index (χ3n) is 4.05. The lowest BCUT2D eigenvalue weighted by molar-refractivity contribution is 0.0270. The molecule has 17 heavy (non-hydrogen) atoms. The lowest BCUT2D eigenvalue weighted by Gasteiger charge is -2.47. The van der Waals surface area contributed by atoms with Crippen LogP contribution in [-0.4, -0.2) is 26.3 Å². The highest BCUT2D eigenvalue weighted by molar-refractivity contribution is 5.59. The van der Waals surface area contributed by atoms with E-state index >= 15 is 0 Å². The normalized spacial score (nSPS) is 31.9. The van der Waals surface area contributed by atoms with Gasteiger partial charge in [0, 0.05) is 31.7 Å². The van der Waals surface area contributed by atoms with Crippen LogP contribution in [0.15, 0.2) is 18.2 Å². The number of benzene rings is 1. The molecule has 1 fully saturated rings. The van der Waals surface area contributed by atoms with Crippen molar-refractivity contribution in [2.75, 3.05) is 25.2 Å². The van der Waals surface area contributed by atoms with E-state index in [2.05, 4.69) is 0 Å². The van der Waals surface area contributed by atoms with E-state index in [0.29, 0.717) is 18.3 Å². The Kier molecular flexibility index (Phi) is 2.56. The Bertz CT molecular complexity index is 437. The van der Waals surface area contributed by atoms with Crippen molar-refractivity contribution in [3.8, 4) is 0 Å².